The van der Waals surface area contributed by atoms with E-state index in [1.165, 1.54) is 0 Å². The molecule has 0 aromatic heterocycles. The second-order valence-corrected chi connectivity index (χ2v) is 3.03. The Labute approximate surface area is 70.8 Å². The molecule has 0 aliphatic carbocycles. The van der Waals surface area contributed by atoms with Crippen LogP contribution < -0.4 is 0 Å². The number of hydrogen-bond donors (Lipinski definition) is 0. The molecule has 0 saturated carbocycles. The van der Waals surface area contributed by atoms with Crippen LogP contribution in [0.15, 0.2) is 29.2 Å². The van der Waals surface area contributed by atoms with Crippen molar-refractivity contribution in [2.45, 2.75) is 4.90 Å². The van der Waals surface area contributed by atoms with Gasteiger partial charge in [0.05, 0.1) is 0 Å². The van der Waals surface area contributed by atoms with Crippen LogP contribution in [0.5, 0.6) is 0 Å². The summed E-state index contributed by atoms with van der Waals surface area (Å²) in [6, 6.07) is 7.43. The summed E-state index contributed by atoms with van der Waals surface area (Å²) in [5.74, 6) is -0.127. The Morgan fingerprint density at radius 3 is 2.27 bits per heavy atom. The molecule has 1 aromatic rings. The highest BCUT2D eigenvalue weighted by molar-refractivity contribution is 7.98. The smallest absolute Gasteiger partial charge is 0.163 e. The van der Waals surface area contributed by atoms with Gasteiger partial charge < -0.3 is 0 Å². The summed E-state index contributed by atoms with van der Waals surface area (Å²) in [6.45, 7) is 3.32. The summed E-state index contributed by atoms with van der Waals surface area (Å²) in [4.78, 5) is 11.9. The topological polar surface area (TPSA) is 17.1 Å². The van der Waals surface area contributed by atoms with E-state index < -0.39 is 0 Å². The van der Waals surface area contributed by atoms with E-state index in [-0.39, 0.29) is 5.78 Å². The highest BCUT2D eigenvalue weighted by Crippen LogP contribution is 2.14. The normalized spacial score (nSPS) is 9.64. The molecule has 1 rings (SSSR count). The molecule has 11 heavy (non-hydrogen) atoms. The Bertz CT molecular complexity index is 251. The molecular formula is C9H9OS. The number of ketones is 1. The lowest BCUT2D eigenvalue weighted by atomic mass is 10.2. The van der Waals surface area contributed by atoms with Gasteiger partial charge in [0, 0.05) is 17.4 Å². The van der Waals surface area contributed by atoms with Crippen LogP contribution >= 0.6 is 11.8 Å². The molecule has 2 heteroatoms. The van der Waals surface area contributed by atoms with Gasteiger partial charge in [0.15, 0.2) is 5.78 Å². The first-order valence-corrected chi connectivity index (χ1v) is 4.47. The second kappa shape index (κ2) is 3.58. The molecule has 1 nitrogen and oxygen atoms in total. The Hall–Kier alpha value is -0.760. The summed E-state index contributed by atoms with van der Waals surface area (Å²) in [6.07, 6.45) is 2.00. The number of carbonyl (C=O) groups is 1. The van der Waals surface area contributed by atoms with Crippen molar-refractivity contribution in [3.8, 4) is 0 Å². The first-order chi connectivity index (χ1) is 5.24. The van der Waals surface area contributed by atoms with Gasteiger partial charge in [-0.1, -0.05) is 12.1 Å². The van der Waals surface area contributed by atoms with Gasteiger partial charge in [-0.2, -0.15) is 0 Å². The van der Waals surface area contributed by atoms with E-state index in [4.69, 9.17) is 0 Å². The maximum absolute atomic E-state index is 10.7. The molecule has 0 aliphatic heterocycles. The van der Waals surface area contributed by atoms with Crippen LogP contribution in [-0.2, 0) is 0 Å². The average molecular weight is 165 g/mol. The number of Topliss-reactive ketones (excluding diaryl/α,β-unsaturated/α-hetero) is 1. The fourth-order valence-corrected chi connectivity index (χ4v) is 1.19. The Morgan fingerprint density at radius 1 is 1.36 bits per heavy atom. The van der Waals surface area contributed by atoms with E-state index in [0.29, 0.717) is 5.56 Å². The van der Waals surface area contributed by atoms with Gasteiger partial charge in [0.2, 0.25) is 0 Å². The van der Waals surface area contributed by atoms with E-state index in [2.05, 4.69) is 6.92 Å². The molecule has 0 aliphatic rings. The quantitative estimate of drug-likeness (QED) is 0.494. The number of thioether (sulfide) groups is 1. The zero-order valence-electron chi connectivity index (χ0n) is 6.33. The minimum Gasteiger partial charge on any atom is -0.294 e. The predicted octanol–water partition coefficient (Wildman–Crippen LogP) is 2.43. The summed E-state index contributed by atoms with van der Waals surface area (Å²) >= 11 is 1.66. The largest absolute Gasteiger partial charge is 0.294 e. The van der Waals surface area contributed by atoms with Crippen molar-refractivity contribution in [3.05, 3.63) is 36.8 Å². The van der Waals surface area contributed by atoms with E-state index in [9.17, 15) is 4.79 Å². The van der Waals surface area contributed by atoms with Crippen LogP contribution in [0.2, 0.25) is 0 Å². The van der Waals surface area contributed by atoms with Crippen molar-refractivity contribution in [3.63, 3.8) is 0 Å². The van der Waals surface area contributed by atoms with Crippen molar-refractivity contribution in [2.24, 2.45) is 0 Å². The predicted molar refractivity (Wildman–Crippen MR) is 47.9 cm³/mol. The van der Waals surface area contributed by atoms with E-state index >= 15 is 0 Å². The third-order valence-corrected chi connectivity index (χ3v) is 2.16. The SMILES string of the molecule is [CH2]C(=O)c1ccc(SC)cc1. The molecule has 0 atom stereocenters. The van der Waals surface area contributed by atoms with Crippen molar-refractivity contribution in [1.82, 2.24) is 0 Å². The third kappa shape index (κ3) is 2.09. The van der Waals surface area contributed by atoms with Gasteiger partial charge >= 0.3 is 0 Å². The standard InChI is InChI=1S/C9H9OS/c1-7(10)8-3-5-9(11-2)6-4-8/h3-6H,1H2,2H3. The van der Waals surface area contributed by atoms with Crippen LogP contribution in [0.4, 0.5) is 0 Å². The van der Waals surface area contributed by atoms with E-state index in [0.717, 1.165) is 4.90 Å². The van der Waals surface area contributed by atoms with Gasteiger partial charge in [-0.25, -0.2) is 0 Å². The average Bonchev–Trinajstić information content (AvgIpc) is 2.05. The molecule has 1 aromatic carbocycles. The Balaban J connectivity index is 2.91. The minimum absolute atomic E-state index is 0.127. The van der Waals surface area contributed by atoms with Crippen molar-refractivity contribution < 1.29 is 4.79 Å². The Kier molecular flexibility index (Phi) is 2.71. The summed E-state index contributed by atoms with van der Waals surface area (Å²) in [5, 5.41) is 0. The number of rotatable bonds is 2. The molecule has 57 valence electrons. The first-order valence-electron chi connectivity index (χ1n) is 3.24. The van der Waals surface area contributed by atoms with Gasteiger partial charge in [0.25, 0.3) is 0 Å². The molecule has 0 fully saturated rings. The maximum Gasteiger partial charge on any atom is 0.163 e. The molecule has 0 unspecified atom stereocenters. The van der Waals surface area contributed by atoms with Crippen LogP contribution in [0, 0.1) is 6.92 Å². The lowest BCUT2D eigenvalue weighted by Gasteiger charge is -1.96. The van der Waals surface area contributed by atoms with E-state index in [1.54, 1.807) is 23.9 Å². The molecule has 0 heterocycles. The lowest BCUT2D eigenvalue weighted by molar-refractivity contribution is 0.104. The van der Waals surface area contributed by atoms with Gasteiger partial charge in [-0.3, -0.25) is 4.79 Å². The first kappa shape index (κ1) is 8.34. The summed E-state index contributed by atoms with van der Waals surface area (Å²) < 4.78 is 0. The number of benzene rings is 1. The molecule has 0 saturated heterocycles. The van der Waals surface area contributed by atoms with Crippen molar-refractivity contribution in [1.29, 1.82) is 0 Å². The molecule has 0 N–H and O–H groups in total. The third-order valence-electron chi connectivity index (χ3n) is 1.41. The second-order valence-electron chi connectivity index (χ2n) is 2.15. The maximum atomic E-state index is 10.7. The van der Waals surface area contributed by atoms with Gasteiger partial charge in [-0.05, 0) is 18.4 Å². The highest BCUT2D eigenvalue weighted by Gasteiger charge is 1.96. The van der Waals surface area contributed by atoms with Crippen LogP contribution in [-0.4, -0.2) is 12.0 Å². The zero-order valence-corrected chi connectivity index (χ0v) is 7.15. The van der Waals surface area contributed by atoms with Crippen molar-refractivity contribution in [2.75, 3.05) is 6.26 Å². The minimum atomic E-state index is -0.127. The van der Waals surface area contributed by atoms with E-state index in [1.807, 2.05) is 18.4 Å². The van der Waals surface area contributed by atoms with Crippen molar-refractivity contribution >= 4 is 17.5 Å². The lowest BCUT2D eigenvalue weighted by Crippen LogP contribution is -1.90. The molecular weight excluding hydrogens is 156 g/mol. The molecule has 0 amide bonds. The van der Waals surface area contributed by atoms with Crippen LogP contribution in [0.3, 0.4) is 0 Å². The molecule has 1 radical (unpaired) electrons. The number of carbonyl (C=O) groups excluding carboxylic acids is 1. The monoisotopic (exact) mass is 165 g/mol. The summed E-state index contributed by atoms with van der Waals surface area (Å²) in [5.41, 5.74) is 0.669. The molecule has 0 bridgehead atoms. The Morgan fingerprint density at radius 2 is 1.91 bits per heavy atom. The zero-order chi connectivity index (χ0) is 8.27. The van der Waals surface area contributed by atoms with Crippen LogP contribution in [0.25, 0.3) is 0 Å². The van der Waals surface area contributed by atoms with Crippen LogP contribution in [0.1, 0.15) is 10.4 Å². The number of hydrogen-bond acceptors (Lipinski definition) is 2. The van der Waals surface area contributed by atoms with Gasteiger partial charge in [-0.15, -0.1) is 11.8 Å². The van der Waals surface area contributed by atoms with Gasteiger partial charge in [0.1, 0.15) is 0 Å². The summed E-state index contributed by atoms with van der Waals surface area (Å²) in [7, 11) is 0. The molecule has 0 spiro atoms. The fourth-order valence-electron chi connectivity index (χ4n) is 0.777. The highest BCUT2D eigenvalue weighted by atomic mass is 32.2. The fraction of sp³-hybridized carbons (Fsp3) is 0.111.